The fourth-order valence-electron chi connectivity index (χ4n) is 14.7. The Bertz CT molecular complexity index is 1570. The number of aliphatic hydroxyl groups excluding tert-OH is 10. The van der Waals surface area contributed by atoms with Crippen LogP contribution in [0.25, 0.3) is 0 Å². The van der Waals surface area contributed by atoms with Gasteiger partial charge in [-0.2, -0.15) is 0 Å². The molecule has 0 radical (unpaired) electrons. The van der Waals surface area contributed by atoms with Crippen LogP contribution in [0.1, 0.15) is 91.9 Å². The third-order valence-corrected chi connectivity index (χ3v) is 18.3. The molecule has 5 saturated heterocycles. The second-order valence-corrected chi connectivity index (χ2v) is 21.5. The van der Waals surface area contributed by atoms with Crippen LogP contribution in [-0.4, -0.2) is 188 Å². The van der Waals surface area contributed by atoms with Gasteiger partial charge in [-0.1, -0.05) is 27.7 Å². The van der Waals surface area contributed by atoms with Gasteiger partial charge in [0.15, 0.2) is 24.7 Å². The molecule has 9 fully saturated rings. The molecule has 0 bridgehead atoms. The van der Waals surface area contributed by atoms with Crippen LogP contribution >= 0.6 is 0 Å². The van der Waals surface area contributed by atoms with Gasteiger partial charge in [0.05, 0.1) is 38.6 Å². The molecule has 5 heterocycles. The summed E-state index contributed by atoms with van der Waals surface area (Å²) in [6.07, 6.45) is -14.5. The van der Waals surface area contributed by atoms with E-state index >= 15 is 0 Å². The highest BCUT2D eigenvalue weighted by Gasteiger charge is 2.69. The van der Waals surface area contributed by atoms with Crippen molar-refractivity contribution in [2.45, 2.75) is 202 Å². The molecule has 4 saturated carbocycles. The smallest absolute Gasteiger partial charge is 0.187 e. The van der Waals surface area contributed by atoms with Crippen molar-refractivity contribution in [1.29, 1.82) is 0 Å². The van der Waals surface area contributed by atoms with Crippen molar-refractivity contribution in [2.24, 2.45) is 52.3 Å². The number of hydrogen-bond acceptors (Lipinski definition) is 18. The van der Waals surface area contributed by atoms with Crippen LogP contribution in [0.2, 0.25) is 0 Å². The summed E-state index contributed by atoms with van der Waals surface area (Å²) in [6, 6.07) is 0. The average molecular weight is 903 g/mol. The van der Waals surface area contributed by atoms with Gasteiger partial charge in [-0.3, -0.25) is 0 Å². The maximum Gasteiger partial charge on any atom is 0.187 e. The Hall–Kier alpha value is -0.720. The summed E-state index contributed by atoms with van der Waals surface area (Å²) in [5.74, 6) is 3.12. The van der Waals surface area contributed by atoms with E-state index < -0.39 is 118 Å². The number of ether oxygens (including phenoxy) is 8. The van der Waals surface area contributed by atoms with Gasteiger partial charge in [-0.05, 0) is 104 Å². The first-order chi connectivity index (χ1) is 30.0. The van der Waals surface area contributed by atoms with Crippen LogP contribution in [0, 0.1) is 52.3 Å². The zero-order valence-corrected chi connectivity index (χ0v) is 37.0. The molecule has 4 aliphatic carbocycles. The minimum Gasteiger partial charge on any atom is -0.394 e. The summed E-state index contributed by atoms with van der Waals surface area (Å²) < 4.78 is 49.7. The monoisotopic (exact) mass is 902 g/mol. The van der Waals surface area contributed by atoms with Gasteiger partial charge in [-0.15, -0.1) is 0 Å². The van der Waals surface area contributed by atoms with Crippen LogP contribution in [-0.2, 0) is 37.9 Å². The molecule has 362 valence electrons. The fourth-order valence-corrected chi connectivity index (χ4v) is 14.7. The molecule has 9 aliphatic rings. The minimum atomic E-state index is -1.87. The van der Waals surface area contributed by atoms with Gasteiger partial charge in [0.2, 0.25) is 0 Å². The quantitative estimate of drug-likeness (QED) is 0.128. The van der Waals surface area contributed by atoms with Crippen molar-refractivity contribution in [3.63, 3.8) is 0 Å². The minimum absolute atomic E-state index is 0.0941. The lowest BCUT2D eigenvalue weighted by Crippen LogP contribution is -2.67. The molecule has 63 heavy (non-hydrogen) atoms. The molecule has 18 nitrogen and oxygen atoms in total. The highest BCUT2D eigenvalue weighted by Crippen LogP contribution is 2.71. The summed E-state index contributed by atoms with van der Waals surface area (Å²) in [5.41, 5.74) is 0.303. The lowest BCUT2D eigenvalue weighted by atomic mass is 9.44. The number of rotatable bonds is 9. The highest BCUT2D eigenvalue weighted by molar-refractivity contribution is 5.15. The lowest BCUT2D eigenvalue weighted by molar-refractivity contribution is -0.390. The van der Waals surface area contributed by atoms with E-state index in [1.54, 1.807) is 0 Å². The van der Waals surface area contributed by atoms with Crippen molar-refractivity contribution in [2.75, 3.05) is 26.4 Å². The van der Waals surface area contributed by atoms with E-state index in [1.165, 1.54) is 12.8 Å². The molecule has 1 spiro atoms. The molecule has 27 atom stereocenters. The first kappa shape index (κ1) is 47.4. The summed E-state index contributed by atoms with van der Waals surface area (Å²) >= 11 is 0. The summed E-state index contributed by atoms with van der Waals surface area (Å²) in [4.78, 5) is 0. The van der Waals surface area contributed by atoms with Crippen molar-refractivity contribution < 1.29 is 89.0 Å². The van der Waals surface area contributed by atoms with Gasteiger partial charge >= 0.3 is 0 Å². The number of fused-ring (bicyclic) bond motifs is 7. The summed E-state index contributed by atoms with van der Waals surface area (Å²) in [7, 11) is 0. The predicted molar refractivity (Wildman–Crippen MR) is 216 cm³/mol. The molecular weight excluding hydrogens is 828 g/mol. The van der Waals surface area contributed by atoms with E-state index in [1.807, 2.05) is 0 Å². The highest BCUT2D eigenvalue weighted by atomic mass is 16.8. The molecule has 0 aromatic heterocycles. The molecule has 18 heteroatoms. The van der Waals surface area contributed by atoms with Crippen molar-refractivity contribution in [3.05, 3.63) is 0 Å². The fraction of sp³-hybridized carbons (Fsp3) is 1.00. The standard InChI is InChI=1S/C45H74O18/c1-19-7-12-45(56-18-19)20(2)30-26(63-45)14-25-23-6-5-21-13-22(8-10-43(21,3)24(23)9-11-44(25,30)4)57-42-37(55)39(62-41-36(54)34(52)32(50)28(16-47)59-41)38(29(17-48)60-42)61-40-35(53)33(51)31(49)27(15-46)58-40/h19-42,46-55H,5-18H2,1-4H3/t19-,20-,21?,22?,23?,24?,25?,26?,27+,28+,29+,30?,31+,32+,33-,34-,35+,36+,37?,38+,39+,40-,41-,42+,43-,44-,45?/m0/s1. The molecule has 0 aromatic rings. The van der Waals surface area contributed by atoms with E-state index in [0.717, 1.165) is 51.6 Å². The number of hydrogen-bond donors (Lipinski definition) is 10. The van der Waals surface area contributed by atoms with E-state index in [9.17, 15) is 51.1 Å². The van der Waals surface area contributed by atoms with Crippen molar-refractivity contribution in [1.82, 2.24) is 0 Å². The van der Waals surface area contributed by atoms with Gasteiger partial charge in [0.25, 0.3) is 0 Å². The Kier molecular flexibility index (Phi) is 13.5. The molecule has 9 unspecified atom stereocenters. The van der Waals surface area contributed by atoms with E-state index in [0.29, 0.717) is 47.8 Å². The van der Waals surface area contributed by atoms with Crippen LogP contribution in [0.4, 0.5) is 0 Å². The molecular formula is C45H74O18. The average Bonchev–Trinajstić information content (AvgIpc) is 3.72. The Morgan fingerprint density at radius 2 is 1.14 bits per heavy atom. The normalized spacial score (nSPS) is 58.2. The third kappa shape index (κ3) is 7.88. The van der Waals surface area contributed by atoms with Crippen LogP contribution in [0.15, 0.2) is 0 Å². The Morgan fingerprint density at radius 1 is 0.556 bits per heavy atom. The summed E-state index contributed by atoms with van der Waals surface area (Å²) in [6.45, 7) is 8.20. The second kappa shape index (κ2) is 18.0. The first-order valence-electron chi connectivity index (χ1n) is 23.8. The van der Waals surface area contributed by atoms with Gasteiger partial charge < -0.3 is 89.0 Å². The maximum absolute atomic E-state index is 12.0. The lowest BCUT2D eigenvalue weighted by Gasteiger charge is -2.61. The van der Waals surface area contributed by atoms with Crippen LogP contribution in [0.3, 0.4) is 0 Å². The third-order valence-electron chi connectivity index (χ3n) is 18.3. The predicted octanol–water partition coefficient (Wildman–Crippen LogP) is -0.734. The SMILES string of the molecule is C[C@H]1CCC2(OC1)OC1CC3C4CCC5CC(O[C@@H]6O[C@H](CO)[C@@H](O[C@@H]7O[C@H](CO)[C@@H](O)[C@H](O)[C@H]7O)[C@H](O[C@@H]7O[C@H](CO)[C@@H](O)[C@H](O)[C@H]7O)C6O)CC[C@]5(C)C4CC[C@]3(C)C1[C@@H]2C. The second-order valence-electron chi connectivity index (χ2n) is 21.5. The van der Waals surface area contributed by atoms with Crippen LogP contribution < -0.4 is 0 Å². The zero-order valence-electron chi connectivity index (χ0n) is 37.0. The largest absolute Gasteiger partial charge is 0.394 e. The summed E-state index contributed by atoms with van der Waals surface area (Å²) in [5, 5.41) is 106. The van der Waals surface area contributed by atoms with E-state index in [4.69, 9.17) is 37.9 Å². The molecule has 5 aliphatic heterocycles. The maximum atomic E-state index is 12.0. The molecule has 10 N–H and O–H groups in total. The first-order valence-corrected chi connectivity index (χ1v) is 23.8. The Labute approximate surface area is 369 Å². The van der Waals surface area contributed by atoms with Gasteiger partial charge in [-0.25, -0.2) is 0 Å². The van der Waals surface area contributed by atoms with Crippen molar-refractivity contribution in [3.8, 4) is 0 Å². The van der Waals surface area contributed by atoms with Crippen molar-refractivity contribution >= 4 is 0 Å². The Balaban J connectivity index is 0.894. The number of aliphatic hydroxyl groups is 10. The van der Waals surface area contributed by atoms with E-state index in [2.05, 4.69) is 27.7 Å². The molecule has 0 aromatic carbocycles. The van der Waals surface area contributed by atoms with Crippen LogP contribution in [0.5, 0.6) is 0 Å². The topological polar surface area (TPSA) is 276 Å². The zero-order chi connectivity index (χ0) is 44.9. The van der Waals surface area contributed by atoms with E-state index in [-0.39, 0.29) is 23.0 Å². The van der Waals surface area contributed by atoms with Gasteiger partial charge in [0.1, 0.15) is 73.2 Å². The van der Waals surface area contributed by atoms with Gasteiger partial charge in [0, 0.05) is 12.3 Å². The molecule has 9 rings (SSSR count). The Morgan fingerprint density at radius 3 is 1.75 bits per heavy atom. The molecule has 0 amide bonds.